The van der Waals surface area contributed by atoms with Gasteiger partial charge in [0.25, 0.3) is 5.91 Å². The highest BCUT2D eigenvalue weighted by molar-refractivity contribution is 5.98. The number of carbonyl (C=O) groups is 2. The van der Waals surface area contributed by atoms with Crippen LogP contribution in [0.1, 0.15) is 29.6 Å². The van der Waals surface area contributed by atoms with Crippen molar-refractivity contribution in [3.63, 3.8) is 0 Å². The zero-order chi connectivity index (χ0) is 17.6. The Kier molecular flexibility index (Phi) is 7.42. The van der Waals surface area contributed by atoms with E-state index in [0.717, 1.165) is 36.7 Å². The number of halogens is 1. The van der Waals surface area contributed by atoms with Crippen LogP contribution in [0.5, 0.6) is 0 Å². The van der Waals surface area contributed by atoms with Crippen molar-refractivity contribution in [1.29, 1.82) is 0 Å². The Hall–Kier alpha value is -2.11. The summed E-state index contributed by atoms with van der Waals surface area (Å²) in [6, 6.07) is 13.9. The van der Waals surface area contributed by atoms with Crippen molar-refractivity contribution in [2.75, 3.05) is 26.7 Å². The molecule has 1 unspecified atom stereocenters. The fourth-order valence-electron chi connectivity index (χ4n) is 3.47. The van der Waals surface area contributed by atoms with Gasteiger partial charge in [-0.25, -0.2) is 0 Å². The standard InChI is InChI=1S/C20H25N3O2.ClH/c1-21-14-18-7-4-12-23(18)19(24)10-11-22-20(25)17-9-8-15-5-2-3-6-16(15)13-17;/h2-3,5-6,8-9,13,18,21H,4,7,10-12,14H2,1H3,(H,22,25);1H. The lowest BCUT2D eigenvalue weighted by Gasteiger charge is -2.24. The highest BCUT2D eigenvalue weighted by atomic mass is 35.5. The molecule has 1 heterocycles. The minimum Gasteiger partial charge on any atom is -0.352 e. The first kappa shape index (κ1) is 20.2. The summed E-state index contributed by atoms with van der Waals surface area (Å²) in [5.74, 6) is -0.0108. The number of hydrogen-bond donors (Lipinski definition) is 2. The fraction of sp³-hybridized carbons (Fsp3) is 0.400. The van der Waals surface area contributed by atoms with Gasteiger partial charge in [-0.3, -0.25) is 9.59 Å². The Bertz CT molecular complexity index is 766. The molecule has 6 heteroatoms. The zero-order valence-corrected chi connectivity index (χ0v) is 15.8. The molecule has 0 saturated carbocycles. The molecule has 3 rings (SSSR count). The summed E-state index contributed by atoms with van der Waals surface area (Å²) in [6.45, 7) is 2.02. The van der Waals surface area contributed by atoms with Crippen molar-refractivity contribution in [3.05, 3.63) is 48.0 Å². The molecule has 5 nitrogen and oxygen atoms in total. The molecule has 2 aromatic carbocycles. The minimum atomic E-state index is -0.133. The number of rotatable bonds is 6. The average molecular weight is 376 g/mol. The number of nitrogens with zero attached hydrogens (tertiary/aromatic N) is 1. The Balaban J connectivity index is 0.00000243. The van der Waals surface area contributed by atoms with Gasteiger partial charge in [-0.1, -0.05) is 30.3 Å². The summed E-state index contributed by atoms with van der Waals surface area (Å²) in [4.78, 5) is 26.6. The van der Waals surface area contributed by atoms with Crippen molar-refractivity contribution >= 4 is 35.0 Å². The third-order valence-electron chi connectivity index (χ3n) is 4.77. The number of fused-ring (bicyclic) bond motifs is 1. The number of carbonyl (C=O) groups excluding carboxylic acids is 2. The molecule has 0 bridgehead atoms. The largest absolute Gasteiger partial charge is 0.352 e. The molecule has 140 valence electrons. The van der Waals surface area contributed by atoms with Gasteiger partial charge in [-0.05, 0) is 42.8 Å². The van der Waals surface area contributed by atoms with Gasteiger partial charge in [0.05, 0.1) is 0 Å². The molecule has 0 aromatic heterocycles. The third kappa shape index (κ3) is 4.74. The van der Waals surface area contributed by atoms with Gasteiger partial charge in [0.15, 0.2) is 0 Å². The van der Waals surface area contributed by atoms with Crippen LogP contribution in [0.25, 0.3) is 10.8 Å². The average Bonchev–Trinajstić information content (AvgIpc) is 3.10. The summed E-state index contributed by atoms with van der Waals surface area (Å²) in [7, 11) is 1.91. The number of likely N-dealkylation sites (N-methyl/N-ethyl adjacent to an activating group) is 1. The molecule has 2 aromatic rings. The van der Waals surface area contributed by atoms with Crippen molar-refractivity contribution in [2.45, 2.75) is 25.3 Å². The Morgan fingerprint density at radius 1 is 1.15 bits per heavy atom. The van der Waals surface area contributed by atoms with E-state index < -0.39 is 0 Å². The second-order valence-corrected chi connectivity index (χ2v) is 6.51. The monoisotopic (exact) mass is 375 g/mol. The number of benzene rings is 2. The molecule has 1 aliphatic heterocycles. The maximum absolute atomic E-state index is 12.4. The number of nitrogens with one attached hydrogen (secondary N) is 2. The molecule has 26 heavy (non-hydrogen) atoms. The van der Waals surface area contributed by atoms with Gasteiger partial charge < -0.3 is 15.5 Å². The van der Waals surface area contributed by atoms with Gasteiger partial charge in [0.2, 0.25) is 5.91 Å². The lowest BCUT2D eigenvalue weighted by molar-refractivity contribution is -0.131. The van der Waals surface area contributed by atoms with Crippen LogP contribution in [-0.2, 0) is 4.79 Å². The second kappa shape index (κ2) is 9.55. The van der Waals surface area contributed by atoms with Crippen molar-refractivity contribution in [1.82, 2.24) is 15.5 Å². The van der Waals surface area contributed by atoms with Crippen molar-refractivity contribution < 1.29 is 9.59 Å². The van der Waals surface area contributed by atoms with Crippen molar-refractivity contribution in [3.8, 4) is 0 Å². The second-order valence-electron chi connectivity index (χ2n) is 6.51. The minimum absolute atomic E-state index is 0. The molecule has 2 N–H and O–H groups in total. The molecule has 1 aliphatic rings. The zero-order valence-electron chi connectivity index (χ0n) is 15.0. The van der Waals surface area contributed by atoms with Crippen LogP contribution in [0.15, 0.2) is 42.5 Å². The van der Waals surface area contributed by atoms with E-state index in [0.29, 0.717) is 18.5 Å². The predicted octanol–water partition coefficient (Wildman–Crippen LogP) is 2.59. The van der Waals surface area contributed by atoms with Crippen molar-refractivity contribution in [2.24, 2.45) is 0 Å². The number of hydrogen-bond acceptors (Lipinski definition) is 3. The van der Waals surface area contributed by atoms with Gasteiger partial charge in [-0.15, -0.1) is 12.4 Å². The SMILES string of the molecule is CNCC1CCCN1C(=O)CCNC(=O)c1ccc2ccccc2c1.Cl. The van der Waals surface area contributed by atoms with Crippen LogP contribution in [-0.4, -0.2) is 49.4 Å². The van der Waals surface area contributed by atoms with Crippen LogP contribution in [0.4, 0.5) is 0 Å². The van der Waals surface area contributed by atoms with Crippen LogP contribution in [0, 0.1) is 0 Å². The normalized spacial score (nSPS) is 16.3. The van der Waals surface area contributed by atoms with E-state index in [1.54, 1.807) is 0 Å². The quantitative estimate of drug-likeness (QED) is 0.815. The van der Waals surface area contributed by atoms with E-state index in [-0.39, 0.29) is 30.3 Å². The van der Waals surface area contributed by atoms with Crippen LogP contribution >= 0.6 is 12.4 Å². The van der Waals surface area contributed by atoms with Gasteiger partial charge in [-0.2, -0.15) is 0 Å². The van der Waals surface area contributed by atoms with E-state index in [1.807, 2.05) is 54.4 Å². The first-order valence-electron chi connectivity index (χ1n) is 8.90. The number of likely N-dealkylation sites (tertiary alicyclic amines) is 1. The highest BCUT2D eigenvalue weighted by Gasteiger charge is 2.27. The van der Waals surface area contributed by atoms with Crippen LogP contribution < -0.4 is 10.6 Å². The Labute approximate surface area is 160 Å². The molecule has 1 fully saturated rings. The third-order valence-corrected chi connectivity index (χ3v) is 4.77. The molecular weight excluding hydrogens is 350 g/mol. The lowest BCUT2D eigenvalue weighted by Crippen LogP contribution is -2.42. The molecular formula is C20H26ClN3O2. The first-order valence-corrected chi connectivity index (χ1v) is 8.90. The van der Waals surface area contributed by atoms with E-state index in [4.69, 9.17) is 0 Å². The molecule has 0 radical (unpaired) electrons. The fourth-order valence-corrected chi connectivity index (χ4v) is 3.47. The molecule has 0 aliphatic carbocycles. The molecule has 0 spiro atoms. The molecule has 1 atom stereocenters. The summed E-state index contributed by atoms with van der Waals surface area (Å²) in [5.41, 5.74) is 0.625. The topological polar surface area (TPSA) is 61.4 Å². The maximum Gasteiger partial charge on any atom is 0.251 e. The molecule has 1 saturated heterocycles. The van der Waals surface area contributed by atoms with E-state index >= 15 is 0 Å². The first-order chi connectivity index (χ1) is 12.2. The van der Waals surface area contributed by atoms with E-state index in [1.165, 1.54) is 0 Å². The van der Waals surface area contributed by atoms with E-state index in [9.17, 15) is 9.59 Å². The smallest absolute Gasteiger partial charge is 0.251 e. The Morgan fingerprint density at radius 2 is 1.92 bits per heavy atom. The van der Waals surface area contributed by atoms with Crippen LogP contribution in [0.3, 0.4) is 0 Å². The lowest BCUT2D eigenvalue weighted by atomic mass is 10.1. The van der Waals surface area contributed by atoms with Crippen LogP contribution in [0.2, 0.25) is 0 Å². The predicted molar refractivity (Wildman–Crippen MR) is 107 cm³/mol. The summed E-state index contributed by atoms with van der Waals surface area (Å²) in [5, 5.41) is 8.15. The highest BCUT2D eigenvalue weighted by Crippen LogP contribution is 2.18. The maximum atomic E-state index is 12.4. The molecule has 2 amide bonds. The van der Waals surface area contributed by atoms with Gasteiger partial charge in [0.1, 0.15) is 0 Å². The Morgan fingerprint density at radius 3 is 2.69 bits per heavy atom. The van der Waals surface area contributed by atoms with E-state index in [2.05, 4.69) is 10.6 Å². The van der Waals surface area contributed by atoms with Gasteiger partial charge >= 0.3 is 0 Å². The number of amides is 2. The summed E-state index contributed by atoms with van der Waals surface area (Å²) in [6.07, 6.45) is 2.46. The summed E-state index contributed by atoms with van der Waals surface area (Å²) < 4.78 is 0. The van der Waals surface area contributed by atoms with Gasteiger partial charge in [0, 0.05) is 37.7 Å². The summed E-state index contributed by atoms with van der Waals surface area (Å²) >= 11 is 0.